The fourth-order valence-electron chi connectivity index (χ4n) is 4.49. The van der Waals surface area contributed by atoms with Crippen molar-refractivity contribution in [1.29, 1.82) is 0 Å². The zero-order valence-corrected chi connectivity index (χ0v) is 16.3. The highest BCUT2D eigenvalue weighted by Crippen LogP contribution is 2.42. The van der Waals surface area contributed by atoms with Gasteiger partial charge in [-0.3, -0.25) is 19.7 Å². The first-order valence-electron chi connectivity index (χ1n) is 9.95. The van der Waals surface area contributed by atoms with E-state index in [1.165, 1.54) is 4.90 Å². The maximum absolute atomic E-state index is 13.5. The summed E-state index contributed by atoms with van der Waals surface area (Å²) in [6.07, 6.45) is -3.85. The van der Waals surface area contributed by atoms with Crippen LogP contribution in [0.5, 0.6) is 0 Å². The molecule has 1 aromatic rings. The number of alkyl halides is 3. The van der Waals surface area contributed by atoms with E-state index >= 15 is 0 Å². The molecule has 0 saturated carbocycles. The molecule has 2 fully saturated rings. The van der Waals surface area contributed by atoms with Gasteiger partial charge in [0, 0.05) is 38.2 Å². The van der Waals surface area contributed by atoms with E-state index in [1.54, 1.807) is 18.2 Å². The van der Waals surface area contributed by atoms with Crippen molar-refractivity contribution in [3.05, 3.63) is 34.9 Å². The van der Waals surface area contributed by atoms with Crippen molar-refractivity contribution in [2.75, 3.05) is 19.6 Å². The highest BCUT2D eigenvalue weighted by atomic mass is 19.4. The van der Waals surface area contributed by atoms with Crippen LogP contribution in [0.15, 0.2) is 18.2 Å². The SMILES string of the molecule is O=C1CCC(N2Cc3c(CNCC4(C(F)(F)F)CCNC4)cccc3C2=O)C(=O)N1. The van der Waals surface area contributed by atoms with Crippen LogP contribution in [-0.4, -0.2) is 54.5 Å². The van der Waals surface area contributed by atoms with Crippen LogP contribution < -0.4 is 16.0 Å². The lowest BCUT2D eigenvalue weighted by Gasteiger charge is -2.31. The maximum atomic E-state index is 13.5. The number of rotatable bonds is 5. The second-order valence-electron chi connectivity index (χ2n) is 8.15. The van der Waals surface area contributed by atoms with Gasteiger partial charge >= 0.3 is 6.18 Å². The molecule has 2 unspecified atom stereocenters. The Morgan fingerprint density at radius 1 is 1.23 bits per heavy atom. The normalized spacial score (nSPS) is 26.8. The fraction of sp³-hybridized carbons (Fsp3) is 0.550. The number of amides is 3. The number of nitrogens with one attached hydrogen (secondary N) is 3. The number of imide groups is 1. The van der Waals surface area contributed by atoms with E-state index in [-0.39, 0.29) is 57.3 Å². The van der Waals surface area contributed by atoms with Crippen LogP contribution in [0.3, 0.4) is 0 Å². The van der Waals surface area contributed by atoms with Crippen molar-refractivity contribution >= 4 is 17.7 Å². The Balaban J connectivity index is 1.47. The summed E-state index contributed by atoms with van der Waals surface area (Å²) in [4.78, 5) is 37.8. The molecule has 2 atom stereocenters. The fourth-order valence-corrected chi connectivity index (χ4v) is 4.49. The van der Waals surface area contributed by atoms with E-state index in [1.807, 2.05) is 0 Å². The first kappa shape index (κ1) is 20.8. The Bertz CT molecular complexity index is 881. The number of hydrogen-bond donors (Lipinski definition) is 3. The summed E-state index contributed by atoms with van der Waals surface area (Å²) in [7, 11) is 0. The van der Waals surface area contributed by atoms with E-state index in [0.29, 0.717) is 17.7 Å². The number of benzene rings is 1. The number of halogens is 3. The van der Waals surface area contributed by atoms with Gasteiger partial charge < -0.3 is 15.5 Å². The summed E-state index contributed by atoms with van der Waals surface area (Å²) in [5.41, 5.74) is 0.107. The first-order chi connectivity index (χ1) is 14.2. The predicted molar refractivity (Wildman–Crippen MR) is 100 cm³/mol. The van der Waals surface area contributed by atoms with Gasteiger partial charge in [-0.2, -0.15) is 13.2 Å². The van der Waals surface area contributed by atoms with Crippen molar-refractivity contribution in [1.82, 2.24) is 20.9 Å². The molecule has 3 heterocycles. The third kappa shape index (κ3) is 3.58. The van der Waals surface area contributed by atoms with Crippen LogP contribution in [0, 0.1) is 5.41 Å². The second-order valence-corrected chi connectivity index (χ2v) is 8.15. The molecule has 0 radical (unpaired) electrons. The molecular formula is C20H23F3N4O3. The Labute approximate surface area is 171 Å². The lowest BCUT2D eigenvalue weighted by Crippen LogP contribution is -2.52. The average molecular weight is 424 g/mol. The smallest absolute Gasteiger partial charge is 0.322 e. The van der Waals surface area contributed by atoms with Gasteiger partial charge in [0.2, 0.25) is 11.8 Å². The summed E-state index contributed by atoms with van der Waals surface area (Å²) in [5, 5.41) is 7.98. The van der Waals surface area contributed by atoms with Gasteiger partial charge in [-0.15, -0.1) is 0 Å². The molecule has 0 aliphatic carbocycles. The number of nitrogens with zero attached hydrogens (tertiary/aromatic N) is 1. The van der Waals surface area contributed by atoms with E-state index in [9.17, 15) is 27.6 Å². The van der Waals surface area contributed by atoms with Gasteiger partial charge in [-0.05, 0) is 36.6 Å². The van der Waals surface area contributed by atoms with Gasteiger partial charge in [-0.25, -0.2) is 0 Å². The van der Waals surface area contributed by atoms with Crippen LogP contribution in [0.25, 0.3) is 0 Å². The van der Waals surface area contributed by atoms with Gasteiger partial charge in [0.1, 0.15) is 6.04 Å². The first-order valence-corrected chi connectivity index (χ1v) is 9.95. The molecule has 3 N–H and O–H groups in total. The van der Waals surface area contributed by atoms with E-state index in [0.717, 1.165) is 5.56 Å². The summed E-state index contributed by atoms with van der Waals surface area (Å²) in [6, 6.07) is 4.41. The lowest BCUT2D eigenvalue weighted by atomic mass is 9.86. The molecule has 3 amide bonds. The minimum atomic E-state index is -4.30. The Morgan fingerprint density at radius 3 is 2.70 bits per heavy atom. The number of piperidine rings is 1. The minimum Gasteiger partial charge on any atom is -0.322 e. The zero-order chi connectivity index (χ0) is 21.5. The van der Waals surface area contributed by atoms with Gasteiger partial charge in [0.05, 0.1) is 5.41 Å². The van der Waals surface area contributed by atoms with Crippen LogP contribution >= 0.6 is 0 Å². The molecule has 2 saturated heterocycles. The lowest BCUT2D eigenvalue weighted by molar-refractivity contribution is -0.215. The Kier molecular flexibility index (Phi) is 5.31. The molecule has 30 heavy (non-hydrogen) atoms. The van der Waals surface area contributed by atoms with Crippen molar-refractivity contribution in [3.63, 3.8) is 0 Å². The van der Waals surface area contributed by atoms with Crippen LogP contribution in [0.1, 0.15) is 40.7 Å². The van der Waals surface area contributed by atoms with Crippen LogP contribution in [-0.2, 0) is 22.7 Å². The molecule has 0 aromatic heterocycles. The second kappa shape index (κ2) is 7.66. The van der Waals surface area contributed by atoms with E-state index < -0.39 is 23.5 Å². The van der Waals surface area contributed by atoms with Gasteiger partial charge in [-0.1, -0.05) is 12.1 Å². The summed E-state index contributed by atoms with van der Waals surface area (Å²) in [6.45, 7) is 0.398. The average Bonchev–Trinajstić information content (AvgIpc) is 3.29. The van der Waals surface area contributed by atoms with Crippen molar-refractivity contribution in [3.8, 4) is 0 Å². The third-order valence-electron chi connectivity index (χ3n) is 6.30. The van der Waals surface area contributed by atoms with Crippen LogP contribution in [0.4, 0.5) is 13.2 Å². The molecule has 162 valence electrons. The predicted octanol–water partition coefficient (Wildman–Crippen LogP) is 1.08. The van der Waals surface area contributed by atoms with E-state index in [4.69, 9.17) is 0 Å². The Morgan fingerprint density at radius 2 is 2.03 bits per heavy atom. The highest BCUT2D eigenvalue weighted by Gasteiger charge is 2.55. The van der Waals surface area contributed by atoms with Crippen molar-refractivity contribution < 1.29 is 27.6 Å². The van der Waals surface area contributed by atoms with Crippen LogP contribution in [0.2, 0.25) is 0 Å². The zero-order valence-electron chi connectivity index (χ0n) is 16.3. The minimum absolute atomic E-state index is 0.0260. The number of carbonyl (C=O) groups is 3. The largest absolute Gasteiger partial charge is 0.396 e. The standard InChI is InChI=1S/C20H23F3N4O3/c21-20(22,23)19(6-7-24-10-19)11-25-8-12-2-1-3-13-14(12)9-27(18(13)30)15-4-5-16(28)26-17(15)29/h1-3,15,24-25H,4-11H2,(H,26,28,29). The van der Waals surface area contributed by atoms with Gasteiger partial charge in [0.15, 0.2) is 0 Å². The molecule has 1 aromatic carbocycles. The van der Waals surface area contributed by atoms with Gasteiger partial charge in [0.25, 0.3) is 5.91 Å². The monoisotopic (exact) mass is 424 g/mol. The number of carbonyl (C=O) groups excluding carboxylic acids is 3. The molecule has 0 bridgehead atoms. The molecule has 3 aliphatic heterocycles. The summed E-state index contributed by atoms with van der Waals surface area (Å²) in [5.74, 6) is -1.15. The summed E-state index contributed by atoms with van der Waals surface area (Å²) < 4.78 is 40.6. The number of fused-ring (bicyclic) bond motifs is 1. The van der Waals surface area contributed by atoms with Crippen molar-refractivity contribution in [2.24, 2.45) is 5.41 Å². The molecule has 7 nitrogen and oxygen atoms in total. The molecule has 10 heteroatoms. The maximum Gasteiger partial charge on any atom is 0.396 e. The highest BCUT2D eigenvalue weighted by molar-refractivity contribution is 6.05. The van der Waals surface area contributed by atoms with Crippen molar-refractivity contribution in [2.45, 2.75) is 44.6 Å². The molecular weight excluding hydrogens is 401 g/mol. The number of hydrogen-bond acceptors (Lipinski definition) is 5. The Hall–Kier alpha value is -2.46. The third-order valence-corrected chi connectivity index (χ3v) is 6.30. The molecule has 3 aliphatic rings. The quantitative estimate of drug-likeness (QED) is 0.616. The molecule has 4 rings (SSSR count). The topological polar surface area (TPSA) is 90.5 Å². The molecule has 0 spiro atoms. The van der Waals surface area contributed by atoms with E-state index in [2.05, 4.69) is 16.0 Å². The summed E-state index contributed by atoms with van der Waals surface area (Å²) >= 11 is 0.